The van der Waals surface area contributed by atoms with E-state index in [0.29, 0.717) is 0 Å². The van der Waals surface area contributed by atoms with Crippen molar-refractivity contribution in [3.05, 3.63) is 30.3 Å². The van der Waals surface area contributed by atoms with Crippen LogP contribution >= 0.6 is 8.60 Å². The van der Waals surface area contributed by atoms with Crippen molar-refractivity contribution < 1.29 is 66.3 Å². The summed E-state index contributed by atoms with van der Waals surface area (Å²) in [4.78, 5) is 0. The van der Waals surface area contributed by atoms with Gasteiger partial charge in [0.05, 0.1) is 0 Å². The minimum atomic E-state index is -6.23. The number of hydrogen-bond acceptors (Lipinski definition) is 3. The van der Waals surface area contributed by atoms with Crippen LogP contribution in [0.4, 0.5) is 52.7 Å². The van der Waals surface area contributed by atoms with Gasteiger partial charge in [-0.05, 0) is 12.1 Å². The van der Waals surface area contributed by atoms with E-state index < -0.39 is 51.3 Å². The number of hydrogen-bond donors (Lipinski definition) is 0. The molecule has 0 aliphatic heterocycles. The Morgan fingerprint density at radius 3 is 1.18 bits per heavy atom. The first-order valence-corrected chi connectivity index (χ1v) is 7.65. The van der Waals surface area contributed by atoms with Crippen LogP contribution in [0.5, 0.6) is 5.75 Å². The Kier molecular flexibility index (Phi) is 7.45. The molecule has 1 aromatic carbocycles. The van der Waals surface area contributed by atoms with E-state index in [2.05, 4.69) is 13.6 Å². The fourth-order valence-electron chi connectivity index (χ4n) is 1.42. The van der Waals surface area contributed by atoms with Gasteiger partial charge in [0.1, 0.15) is 5.75 Å². The van der Waals surface area contributed by atoms with Gasteiger partial charge >= 0.3 is 33.3 Å². The van der Waals surface area contributed by atoms with E-state index in [0.717, 1.165) is 24.3 Å². The van der Waals surface area contributed by atoms with Gasteiger partial charge < -0.3 is 4.52 Å². The van der Waals surface area contributed by atoms with Gasteiger partial charge in [-0.2, -0.15) is 52.7 Å². The topological polar surface area (TPSA) is 27.7 Å². The molecule has 1 rings (SSSR count). The molecule has 0 aliphatic rings. The lowest BCUT2D eigenvalue weighted by atomic mass is 10.3. The molecule has 0 saturated heterocycles. The summed E-state index contributed by atoms with van der Waals surface area (Å²) in [5, 5.41) is 0. The Bertz CT molecular complexity index is 547. The predicted molar refractivity (Wildman–Crippen MR) is 68.0 cm³/mol. The van der Waals surface area contributed by atoms with Crippen molar-refractivity contribution in [2.45, 2.75) is 36.9 Å². The summed E-state index contributed by atoms with van der Waals surface area (Å²) >= 11 is 0. The van der Waals surface area contributed by atoms with Crippen LogP contribution in [0, 0.1) is 0 Å². The summed E-state index contributed by atoms with van der Waals surface area (Å²) in [5.74, 6) is -0.695. The van der Waals surface area contributed by atoms with Crippen LogP contribution in [0.2, 0.25) is 0 Å². The zero-order valence-corrected chi connectivity index (χ0v) is 13.6. The summed E-state index contributed by atoms with van der Waals surface area (Å²) in [7, 11) is -4.45. The quantitative estimate of drug-likeness (QED) is 0.370. The number of benzene rings is 1. The molecule has 28 heavy (non-hydrogen) atoms. The molecule has 0 heterocycles. The van der Waals surface area contributed by atoms with E-state index >= 15 is 0 Å². The van der Waals surface area contributed by atoms with Crippen LogP contribution in [0.3, 0.4) is 0 Å². The molecule has 162 valence electrons. The maximum atomic E-state index is 12.5. The Balaban J connectivity index is 3.24. The maximum absolute atomic E-state index is 12.5. The Labute approximate surface area is 149 Å². The van der Waals surface area contributed by atoms with Crippen molar-refractivity contribution in [1.82, 2.24) is 0 Å². The van der Waals surface area contributed by atoms with Gasteiger partial charge in [0.25, 0.3) is 12.2 Å². The highest BCUT2D eigenvalue weighted by Crippen LogP contribution is 2.52. The first-order valence-electron chi connectivity index (χ1n) is 6.56. The monoisotopic (exact) mass is 458 g/mol. The Morgan fingerprint density at radius 1 is 0.571 bits per heavy atom. The molecule has 0 atom stereocenters. The van der Waals surface area contributed by atoms with Gasteiger partial charge in [-0.25, -0.2) is 0 Å². The molecule has 1 aromatic rings. The molecule has 16 heteroatoms. The molecule has 0 amide bonds. The van der Waals surface area contributed by atoms with E-state index in [1.54, 1.807) is 0 Å². The summed E-state index contributed by atoms with van der Waals surface area (Å²) < 4.78 is 161. The molecule has 0 N–H and O–H groups in total. The van der Waals surface area contributed by atoms with Crippen LogP contribution in [0.15, 0.2) is 30.3 Å². The minimum Gasteiger partial charge on any atom is -0.427 e. The molecule has 0 aromatic heterocycles. The second kappa shape index (κ2) is 8.49. The first kappa shape index (κ1) is 24.6. The van der Waals surface area contributed by atoms with Crippen LogP contribution in [0.25, 0.3) is 0 Å². The highest BCUT2D eigenvalue weighted by molar-refractivity contribution is 7.42. The van der Waals surface area contributed by atoms with Crippen LogP contribution < -0.4 is 4.52 Å². The molecular formula is C12H7F12O3P. The fourth-order valence-corrected chi connectivity index (χ4v) is 2.67. The van der Waals surface area contributed by atoms with Gasteiger partial charge in [0, 0.05) is 0 Å². The summed E-state index contributed by atoms with van der Waals surface area (Å²) in [6.07, 6.45) is -34.4. The first-order chi connectivity index (χ1) is 12.4. The van der Waals surface area contributed by atoms with Gasteiger partial charge in [0.15, 0.2) is 0 Å². The molecular weight excluding hydrogens is 451 g/mol. The van der Waals surface area contributed by atoms with E-state index in [1.165, 1.54) is 6.07 Å². The smallest absolute Gasteiger partial charge is 0.424 e. The van der Waals surface area contributed by atoms with E-state index in [1.807, 2.05) is 0 Å². The third-order valence-electron chi connectivity index (χ3n) is 2.50. The zero-order valence-electron chi connectivity index (χ0n) is 12.7. The normalized spacial score (nSPS) is 14.2. The third-order valence-corrected chi connectivity index (χ3v) is 3.62. The van der Waals surface area contributed by atoms with Crippen molar-refractivity contribution in [3.8, 4) is 5.75 Å². The maximum Gasteiger partial charge on any atom is 0.424 e. The van der Waals surface area contributed by atoms with Gasteiger partial charge in [-0.1, -0.05) is 18.2 Å². The minimum absolute atomic E-state index is 0.695. The van der Waals surface area contributed by atoms with E-state index in [4.69, 9.17) is 0 Å². The Morgan fingerprint density at radius 2 is 0.893 bits per heavy atom. The average molecular weight is 458 g/mol. The molecule has 0 bridgehead atoms. The predicted octanol–water partition coefficient (Wildman–Crippen LogP) is 6.31. The van der Waals surface area contributed by atoms with Crippen molar-refractivity contribution >= 4 is 8.60 Å². The van der Waals surface area contributed by atoms with Crippen molar-refractivity contribution in [1.29, 1.82) is 0 Å². The largest absolute Gasteiger partial charge is 0.427 e. The molecule has 0 saturated carbocycles. The second-order valence-corrected chi connectivity index (χ2v) is 5.82. The number of halogens is 12. The number of alkyl halides is 12. The number of rotatable bonds is 6. The molecule has 0 radical (unpaired) electrons. The molecule has 0 aliphatic carbocycles. The Hall–Kier alpha value is -1.47. The van der Waals surface area contributed by atoms with E-state index in [9.17, 15) is 52.7 Å². The van der Waals surface area contributed by atoms with Crippen molar-refractivity contribution in [3.63, 3.8) is 0 Å². The fraction of sp³-hybridized carbons (Fsp3) is 0.500. The van der Waals surface area contributed by atoms with Crippen LogP contribution in [0.1, 0.15) is 0 Å². The lowest BCUT2D eigenvalue weighted by Crippen LogP contribution is -2.46. The lowest BCUT2D eigenvalue weighted by molar-refractivity contribution is -0.313. The molecule has 0 spiro atoms. The van der Waals surface area contributed by atoms with E-state index in [-0.39, 0.29) is 0 Å². The van der Waals surface area contributed by atoms with Crippen LogP contribution in [-0.2, 0) is 9.05 Å². The van der Waals surface area contributed by atoms with Crippen molar-refractivity contribution in [2.75, 3.05) is 0 Å². The van der Waals surface area contributed by atoms with Gasteiger partial charge in [0.2, 0.25) is 0 Å². The highest BCUT2D eigenvalue weighted by Gasteiger charge is 2.63. The summed E-state index contributed by atoms with van der Waals surface area (Å²) in [5.41, 5.74) is 0. The standard InChI is InChI=1S/C12H7F12O3P/c13-9(14,15)7(10(16,17)18)26-28(25-6-4-2-1-3-5-6)27-8(11(19,20)21)12(22,23)24/h1-5,7-8H. The molecule has 0 unspecified atom stereocenters. The molecule has 0 fully saturated rings. The van der Waals surface area contributed by atoms with Gasteiger partial charge in [-0.15, -0.1) is 0 Å². The van der Waals surface area contributed by atoms with Crippen LogP contribution in [-0.4, -0.2) is 36.9 Å². The lowest BCUT2D eigenvalue weighted by Gasteiger charge is -2.29. The number of para-hydroxylation sites is 1. The van der Waals surface area contributed by atoms with Gasteiger partial charge in [-0.3, -0.25) is 9.05 Å². The summed E-state index contributed by atoms with van der Waals surface area (Å²) in [6.45, 7) is 0. The average Bonchev–Trinajstić information content (AvgIpc) is 2.45. The molecule has 3 nitrogen and oxygen atoms in total. The highest BCUT2D eigenvalue weighted by atomic mass is 31.2. The zero-order chi connectivity index (χ0) is 22.0. The van der Waals surface area contributed by atoms with Crippen molar-refractivity contribution in [2.24, 2.45) is 0 Å². The summed E-state index contributed by atoms with van der Waals surface area (Å²) in [6, 6.07) is 5.08. The third kappa shape index (κ3) is 7.51. The SMILES string of the molecule is FC(F)(F)C(OP(Oc1ccccc1)OC(C(F)(F)F)C(F)(F)F)C(F)(F)F. The second-order valence-electron chi connectivity index (χ2n) is 4.77.